The first-order valence-electron chi connectivity index (χ1n) is 18.1. The second kappa shape index (κ2) is 20.7. The fourth-order valence-electron chi connectivity index (χ4n) is 6.28. The third-order valence-electron chi connectivity index (χ3n) is 9.61. The second-order valence-corrected chi connectivity index (χ2v) is 13.1. The third-order valence-corrected chi connectivity index (χ3v) is 9.61. The van der Waals surface area contributed by atoms with E-state index in [4.69, 9.17) is 5.73 Å². The molecular formula is C38H61N5O4. The van der Waals surface area contributed by atoms with Crippen molar-refractivity contribution in [2.24, 2.45) is 33.7 Å². The Labute approximate surface area is 283 Å². The van der Waals surface area contributed by atoms with E-state index in [2.05, 4.69) is 44.8 Å². The van der Waals surface area contributed by atoms with Gasteiger partial charge in [0.05, 0.1) is 11.3 Å². The zero-order chi connectivity index (χ0) is 34.9. The number of carbonyl (C=O) groups excluding carboxylic acids is 2. The molecule has 1 heterocycles. The zero-order valence-electron chi connectivity index (χ0n) is 30.2. The summed E-state index contributed by atoms with van der Waals surface area (Å²) in [6.07, 6.45) is 12.4. The van der Waals surface area contributed by atoms with E-state index in [1.165, 1.54) is 11.5 Å². The lowest BCUT2D eigenvalue weighted by Crippen LogP contribution is -2.39. The average molecular weight is 652 g/mol. The van der Waals surface area contributed by atoms with Crippen molar-refractivity contribution < 1.29 is 14.7 Å². The summed E-state index contributed by atoms with van der Waals surface area (Å²) < 4.78 is 1.20. The van der Waals surface area contributed by atoms with Crippen LogP contribution in [0.1, 0.15) is 145 Å². The molecule has 0 fully saturated rings. The molecule has 0 bridgehead atoms. The molecule has 2 aromatic rings. The number of benzene rings is 1. The smallest absolute Gasteiger partial charge is 0.281 e. The van der Waals surface area contributed by atoms with Crippen molar-refractivity contribution in [3.8, 4) is 5.88 Å². The molecule has 1 aromatic carbocycles. The van der Waals surface area contributed by atoms with Gasteiger partial charge in [0.2, 0.25) is 5.88 Å². The van der Waals surface area contributed by atoms with Crippen molar-refractivity contribution in [2.45, 2.75) is 132 Å². The van der Waals surface area contributed by atoms with E-state index in [1.807, 2.05) is 17.9 Å². The maximum atomic E-state index is 14.3. The molecule has 0 aliphatic heterocycles. The fraction of sp³-hybridized carbons (Fsp3) is 0.658. The molecule has 0 aliphatic carbocycles. The Balaban J connectivity index is 2.60. The summed E-state index contributed by atoms with van der Waals surface area (Å²) in [6.45, 7) is 16.1. The molecule has 2 rings (SSSR count). The number of rotatable bonds is 22. The van der Waals surface area contributed by atoms with Crippen molar-refractivity contribution in [2.75, 3.05) is 13.1 Å². The summed E-state index contributed by atoms with van der Waals surface area (Å²) in [7, 11) is 0. The monoisotopic (exact) mass is 651 g/mol. The maximum Gasteiger partial charge on any atom is 0.281 e. The van der Waals surface area contributed by atoms with Gasteiger partial charge >= 0.3 is 0 Å². The molecule has 0 saturated carbocycles. The largest absolute Gasteiger partial charge is 0.494 e. The minimum absolute atomic E-state index is 0.0720. The van der Waals surface area contributed by atoms with Gasteiger partial charge in [0.15, 0.2) is 5.69 Å². The molecule has 0 aliphatic rings. The van der Waals surface area contributed by atoms with Gasteiger partial charge in [-0.3, -0.25) is 19.0 Å². The van der Waals surface area contributed by atoms with Gasteiger partial charge in [-0.2, -0.15) is 0 Å². The normalized spacial score (nSPS) is 13.5. The third kappa shape index (κ3) is 11.3. The lowest BCUT2D eigenvalue weighted by molar-refractivity contribution is 0.0685. The first kappa shape index (κ1) is 39.7. The van der Waals surface area contributed by atoms with E-state index >= 15 is 0 Å². The number of aromatic nitrogens is 1. The Kier molecular flexibility index (Phi) is 17.5. The van der Waals surface area contributed by atoms with E-state index in [9.17, 15) is 19.5 Å². The quantitative estimate of drug-likeness (QED) is 0.123. The van der Waals surface area contributed by atoms with Crippen LogP contribution in [0.25, 0.3) is 0 Å². The van der Waals surface area contributed by atoms with E-state index in [-0.39, 0.29) is 35.2 Å². The summed E-state index contributed by atoms with van der Waals surface area (Å²) >= 11 is 0. The number of hydrogen-bond donors (Lipinski definition) is 2. The molecule has 0 spiro atoms. The number of hydrogen-bond acceptors (Lipinski definition) is 6. The number of pyridine rings is 1. The van der Waals surface area contributed by atoms with Gasteiger partial charge in [0, 0.05) is 25.2 Å². The van der Waals surface area contributed by atoms with Crippen LogP contribution < -0.4 is 11.3 Å². The molecular weight excluding hydrogens is 590 g/mol. The van der Waals surface area contributed by atoms with Gasteiger partial charge in [0.25, 0.3) is 17.4 Å². The van der Waals surface area contributed by atoms with Crippen LogP contribution in [0.3, 0.4) is 0 Å². The Morgan fingerprint density at radius 2 is 1.34 bits per heavy atom. The lowest BCUT2D eigenvalue weighted by atomic mass is 9.95. The molecule has 3 unspecified atom stereocenters. The van der Waals surface area contributed by atoms with Crippen LogP contribution in [0, 0.1) is 24.7 Å². The number of nitrogens with two attached hydrogens (primary N) is 1. The van der Waals surface area contributed by atoms with Gasteiger partial charge in [-0.05, 0) is 56.1 Å². The molecule has 0 saturated heterocycles. The minimum atomic E-state index is -0.847. The molecule has 1 aromatic heterocycles. The number of amides is 2. The number of nitrogens with zero attached hydrogens (tertiary/aromatic N) is 4. The Morgan fingerprint density at radius 3 is 1.83 bits per heavy atom. The summed E-state index contributed by atoms with van der Waals surface area (Å²) in [4.78, 5) is 42.5. The van der Waals surface area contributed by atoms with Gasteiger partial charge in [-0.1, -0.05) is 111 Å². The highest BCUT2D eigenvalue weighted by atomic mass is 16.3. The second-order valence-electron chi connectivity index (χ2n) is 13.1. The number of primary amides is 1. The van der Waals surface area contributed by atoms with Crippen LogP contribution in [0.4, 0.5) is 11.4 Å². The van der Waals surface area contributed by atoms with E-state index in [0.29, 0.717) is 36.2 Å². The van der Waals surface area contributed by atoms with Crippen LogP contribution in [0.2, 0.25) is 0 Å². The molecule has 9 nitrogen and oxygen atoms in total. The van der Waals surface area contributed by atoms with Crippen LogP contribution in [0.5, 0.6) is 5.88 Å². The zero-order valence-corrected chi connectivity index (χ0v) is 30.2. The summed E-state index contributed by atoms with van der Waals surface area (Å²) in [5.41, 5.74) is 5.85. The van der Waals surface area contributed by atoms with Crippen molar-refractivity contribution in [3.63, 3.8) is 0 Å². The first-order chi connectivity index (χ1) is 22.6. The predicted octanol–water partition coefficient (Wildman–Crippen LogP) is 9.47. The van der Waals surface area contributed by atoms with E-state index in [1.54, 1.807) is 18.2 Å². The molecule has 2 amide bonds. The SMILES string of the molecule is CCCCC(CC)CN(CC(CC)CCCC)C(=O)c1ccccc1N=Nc1c(C)c(C(N)=O)c(O)n(CC(CC)CCCC)c1=O. The van der Waals surface area contributed by atoms with Crippen molar-refractivity contribution in [3.05, 3.63) is 51.3 Å². The molecule has 262 valence electrons. The number of unbranched alkanes of at least 4 members (excludes halogenated alkanes) is 3. The number of carbonyl (C=O) groups is 2. The average Bonchev–Trinajstić information content (AvgIpc) is 3.06. The van der Waals surface area contributed by atoms with Crippen LogP contribution in [-0.2, 0) is 6.54 Å². The van der Waals surface area contributed by atoms with E-state index in [0.717, 1.165) is 77.0 Å². The molecule has 47 heavy (non-hydrogen) atoms. The van der Waals surface area contributed by atoms with Crippen LogP contribution in [0.15, 0.2) is 39.3 Å². The van der Waals surface area contributed by atoms with Crippen LogP contribution >= 0.6 is 0 Å². The highest BCUT2D eigenvalue weighted by Crippen LogP contribution is 2.30. The standard InChI is InChI=1S/C38H61N5O4/c1-8-14-19-28(11-4)24-42(25-29(12-5)20-15-9-2)36(45)31-22-17-18-23-32(31)40-41-34-27(7)33(35(39)44)37(46)43(38(34)47)26-30(13-6)21-16-10-3/h17-18,22-23,28-30,46H,8-16,19-21,24-26H2,1-7H3,(H2,39,44). The Hall–Kier alpha value is -3.49. The minimum Gasteiger partial charge on any atom is -0.494 e. The number of azo groups is 1. The summed E-state index contributed by atoms with van der Waals surface area (Å²) in [5, 5.41) is 19.8. The fourth-order valence-corrected chi connectivity index (χ4v) is 6.28. The Morgan fingerprint density at radius 1 is 0.830 bits per heavy atom. The molecule has 3 N–H and O–H groups in total. The van der Waals surface area contributed by atoms with Gasteiger partial charge < -0.3 is 15.7 Å². The first-order valence-corrected chi connectivity index (χ1v) is 18.1. The van der Waals surface area contributed by atoms with Gasteiger partial charge in [-0.15, -0.1) is 10.2 Å². The molecule has 9 heteroatoms. The van der Waals surface area contributed by atoms with Crippen molar-refractivity contribution in [1.29, 1.82) is 0 Å². The summed E-state index contributed by atoms with van der Waals surface area (Å²) in [5.74, 6) is -0.437. The molecule has 0 radical (unpaired) electrons. The highest BCUT2D eigenvalue weighted by Gasteiger charge is 2.26. The van der Waals surface area contributed by atoms with Gasteiger partial charge in [-0.25, -0.2) is 0 Å². The maximum absolute atomic E-state index is 14.3. The van der Waals surface area contributed by atoms with Gasteiger partial charge in [0.1, 0.15) is 5.56 Å². The molecule has 3 atom stereocenters. The number of aromatic hydroxyl groups is 1. The lowest BCUT2D eigenvalue weighted by Gasteiger charge is -2.31. The van der Waals surface area contributed by atoms with E-state index < -0.39 is 17.3 Å². The summed E-state index contributed by atoms with van der Waals surface area (Å²) in [6, 6.07) is 7.09. The Bertz CT molecular complexity index is 1350. The highest BCUT2D eigenvalue weighted by molar-refractivity contribution is 5.99. The topological polar surface area (TPSA) is 130 Å². The van der Waals surface area contributed by atoms with Crippen molar-refractivity contribution >= 4 is 23.2 Å². The van der Waals surface area contributed by atoms with Crippen LogP contribution in [-0.4, -0.2) is 39.5 Å². The van der Waals surface area contributed by atoms with Crippen molar-refractivity contribution in [1.82, 2.24) is 9.47 Å². The predicted molar refractivity (Wildman–Crippen MR) is 192 cm³/mol.